The maximum absolute atomic E-state index is 11.9. The van der Waals surface area contributed by atoms with E-state index >= 15 is 0 Å². The van der Waals surface area contributed by atoms with E-state index in [0.29, 0.717) is 6.92 Å². The van der Waals surface area contributed by atoms with E-state index in [9.17, 15) is 22.8 Å². The molecule has 0 aliphatic rings. The summed E-state index contributed by atoms with van der Waals surface area (Å²) in [6.07, 6.45) is -5.47. The first kappa shape index (κ1) is 11.7. The van der Waals surface area contributed by atoms with Gasteiger partial charge in [0.1, 0.15) is 0 Å². The van der Waals surface area contributed by atoms with E-state index in [1.54, 1.807) is 0 Å². The van der Waals surface area contributed by atoms with Gasteiger partial charge in [0.05, 0.1) is 0 Å². The number of aliphatic carboxylic acids is 1. The van der Waals surface area contributed by atoms with Crippen molar-refractivity contribution < 1.29 is 33.0 Å². The quantitative estimate of drug-likeness (QED) is 0.523. The molecule has 76 valence electrons. The highest BCUT2D eigenvalue weighted by Crippen LogP contribution is 2.28. The maximum Gasteiger partial charge on any atom is 0.448 e. The number of hydrogen-bond acceptors (Lipinski definition) is 3. The van der Waals surface area contributed by atoms with Crippen molar-refractivity contribution in [3.63, 3.8) is 0 Å². The number of nitrogens with one attached hydrogen (secondary N) is 1. The number of aliphatic hydroxyl groups is 1. The number of carboxylic acid groups (broad SMARTS) is 1. The number of carbonyl (C=O) groups is 2. The molecule has 1 amide bonds. The van der Waals surface area contributed by atoms with Crippen LogP contribution in [-0.4, -0.2) is 34.0 Å². The molecular weight excluding hydrogens is 195 g/mol. The van der Waals surface area contributed by atoms with Gasteiger partial charge in [-0.1, -0.05) is 0 Å². The Balaban J connectivity index is 4.96. The maximum atomic E-state index is 11.9. The smallest absolute Gasteiger partial charge is 0.448 e. The van der Waals surface area contributed by atoms with Crippen molar-refractivity contribution in [1.29, 1.82) is 0 Å². The molecule has 0 rings (SSSR count). The van der Waals surface area contributed by atoms with Gasteiger partial charge in [-0.15, -0.1) is 0 Å². The van der Waals surface area contributed by atoms with Crippen LogP contribution in [0.5, 0.6) is 0 Å². The minimum atomic E-state index is -5.47. The van der Waals surface area contributed by atoms with Gasteiger partial charge in [0.15, 0.2) is 0 Å². The molecule has 0 aromatic rings. The zero-order valence-corrected chi connectivity index (χ0v) is 6.34. The lowest BCUT2D eigenvalue weighted by Gasteiger charge is -2.25. The van der Waals surface area contributed by atoms with Gasteiger partial charge in [0.2, 0.25) is 5.91 Å². The Morgan fingerprint density at radius 3 is 1.77 bits per heavy atom. The van der Waals surface area contributed by atoms with Crippen LogP contribution in [-0.2, 0) is 9.59 Å². The zero-order valence-electron chi connectivity index (χ0n) is 6.34. The standard InChI is InChI=1S/C5H6F3NO4/c1-2(10)9-4(13,3(11)12)5(6,7)8/h13H,1H3,(H,9,10)(H,11,12). The van der Waals surface area contributed by atoms with E-state index in [2.05, 4.69) is 0 Å². The fourth-order valence-corrected chi connectivity index (χ4v) is 0.500. The average Bonchev–Trinajstić information content (AvgIpc) is 1.82. The first-order valence-corrected chi connectivity index (χ1v) is 2.92. The van der Waals surface area contributed by atoms with Gasteiger partial charge < -0.3 is 15.5 Å². The number of amides is 1. The summed E-state index contributed by atoms with van der Waals surface area (Å²) in [6, 6.07) is 0. The first-order chi connectivity index (χ1) is 5.61. The van der Waals surface area contributed by atoms with Gasteiger partial charge in [-0.2, -0.15) is 13.2 Å². The molecule has 0 spiro atoms. The summed E-state index contributed by atoms with van der Waals surface area (Å²) in [5, 5.41) is 17.5. The fraction of sp³-hybridized carbons (Fsp3) is 0.600. The summed E-state index contributed by atoms with van der Waals surface area (Å²) >= 11 is 0. The Labute approximate surface area is 70.2 Å². The summed E-state index contributed by atoms with van der Waals surface area (Å²) in [5.41, 5.74) is -4.22. The Morgan fingerprint density at radius 1 is 1.31 bits per heavy atom. The monoisotopic (exact) mass is 201 g/mol. The van der Waals surface area contributed by atoms with Crippen LogP contribution >= 0.6 is 0 Å². The number of carboxylic acids is 1. The number of alkyl halides is 3. The highest BCUT2D eigenvalue weighted by molar-refractivity contribution is 5.85. The van der Waals surface area contributed by atoms with Crippen molar-refractivity contribution in [3.05, 3.63) is 0 Å². The van der Waals surface area contributed by atoms with Crippen LogP contribution in [0.25, 0.3) is 0 Å². The van der Waals surface area contributed by atoms with Crippen LogP contribution in [0, 0.1) is 0 Å². The molecule has 1 unspecified atom stereocenters. The van der Waals surface area contributed by atoms with Crippen LogP contribution in [0.4, 0.5) is 13.2 Å². The third-order valence-electron chi connectivity index (χ3n) is 1.08. The lowest BCUT2D eigenvalue weighted by atomic mass is 10.2. The predicted molar refractivity (Wildman–Crippen MR) is 32.5 cm³/mol. The van der Waals surface area contributed by atoms with Crippen LogP contribution < -0.4 is 5.32 Å². The van der Waals surface area contributed by atoms with Crippen molar-refractivity contribution in [2.75, 3.05) is 0 Å². The van der Waals surface area contributed by atoms with E-state index in [0.717, 1.165) is 5.32 Å². The Kier molecular flexibility index (Phi) is 2.88. The summed E-state index contributed by atoms with van der Waals surface area (Å²) < 4.78 is 35.6. The number of hydrogen-bond donors (Lipinski definition) is 3. The third kappa shape index (κ3) is 2.31. The van der Waals surface area contributed by atoms with Crippen LogP contribution in [0.3, 0.4) is 0 Å². The first-order valence-electron chi connectivity index (χ1n) is 2.92. The van der Waals surface area contributed by atoms with E-state index < -0.39 is 23.8 Å². The molecule has 5 nitrogen and oxygen atoms in total. The fourth-order valence-electron chi connectivity index (χ4n) is 0.500. The minimum Gasteiger partial charge on any atom is -0.477 e. The van der Waals surface area contributed by atoms with Crippen molar-refractivity contribution in [2.24, 2.45) is 0 Å². The molecule has 13 heavy (non-hydrogen) atoms. The topological polar surface area (TPSA) is 86.6 Å². The second-order valence-corrected chi connectivity index (χ2v) is 2.19. The van der Waals surface area contributed by atoms with Gasteiger partial charge >= 0.3 is 17.9 Å². The molecule has 3 N–H and O–H groups in total. The van der Waals surface area contributed by atoms with Crippen LogP contribution in [0.2, 0.25) is 0 Å². The van der Waals surface area contributed by atoms with Crippen LogP contribution in [0.1, 0.15) is 6.92 Å². The van der Waals surface area contributed by atoms with Crippen molar-refractivity contribution in [1.82, 2.24) is 5.32 Å². The molecule has 8 heteroatoms. The number of rotatable bonds is 2. The van der Waals surface area contributed by atoms with Gasteiger partial charge in [-0.25, -0.2) is 4.79 Å². The summed E-state index contributed by atoms with van der Waals surface area (Å²) in [4.78, 5) is 20.2. The second kappa shape index (κ2) is 3.21. The van der Waals surface area contributed by atoms with Crippen molar-refractivity contribution in [3.8, 4) is 0 Å². The van der Waals surface area contributed by atoms with Crippen molar-refractivity contribution >= 4 is 11.9 Å². The summed E-state index contributed by atoms with van der Waals surface area (Å²) in [6.45, 7) is 0.652. The second-order valence-electron chi connectivity index (χ2n) is 2.19. The average molecular weight is 201 g/mol. The van der Waals surface area contributed by atoms with Gasteiger partial charge in [0.25, 0.3) is 0 Å². The van der Waals surface area contributed by atoms with E-state index in [1.807, 2.05) is 0 Å². The summed E-state index contributed by atoms with van der Waals surface area (Å²) in [7, 11) is 0. The van der Waals surface area contributed by atoms with E-state index in [1.165, 1.54) is 0 Å². The zero-order chi connectivity index (χ0) is 10.9. The molecule has 0 aromatic heterocycles. The lowest BCUT2D eigenvalue weighted by Crippen LogP contribution is -2.63. The Bertz CT molecular complexity index is 238. The van der Waals surface area contributed by atoms with Gasteiger partial charge in [-0.3, -0.25) is 4.79 Å². The Hall–Kier alpha value is -1.31. The summed E-state index contributed by atoms with van der Waals surface area (Å²) in [5.74, 6) is -3.89. The molecule has 0 saturated carbocycles. The molecule has 0 aliphatic carbocycles. The molecule has 0 saturated heterocycles. The minimum absolute atomic E-state index is 0.652. The van der Waals surface area contributed by atoms with Crippen LogP contribution in [0.15, 0.2) is 0 Å². The van der Waals surface area contributed by atoms with Gasteiger partial charge in [0, 0.05) is 6.92 Å². The highest BCUT2D eigenvalue weighted by Gasteiger charge is 2.61. The van der Waals surface area contributed by atoms with Gasteiger partial charge in [-0.05, 0) is 0 Å². The molecular formula is C5H6F3NO4. The molecule has 1 atom stereocenters. The normalized spacial score (nSPS) is 16.1. The highest BCUT2D eigenvalue weighted by atomic mass is 19.4. The molecule has 0 fully saturated rings. The number of halogens is 3. The number of carbonyl (C=O) groups excluding carboxylic acids is 1. The molecule has 0 radical (unpaired) electrons. The largest absolute Gasteiger partial charge is 0.477 e. The SMILES string of the molecule is CC(=O)NC(O)(C(=O)O)C(F)(F)F. The van der Waals surface area contributed by atoms with E-state index in [-0.39, 0.29) is 0 Å². The Morgan fingerprint density at radius 2 is 1.69 bits per heavy atom. The molecule has 0 aliphatic heterocycles. The molecule has 0 aromatic carbocycles. The predicted octanol–water partition coefficient (Wildman–Crippen LogP) is -0.542. The third-order valence-corrected chi connectivity index (χ3v) is 1.08. The van der Waals surface area contributed by atoms with Crippen molar-refractivity contribution in [2.45, 2.75) is 18.8 Å². The molecule has 0 heterocycles. The van der Waals surface area contributed by atoms with E-state index in [4.69, 9.17) is 10.2 Å². The lowest BCUT2D eigenvalue weighted by molar-refractivity contribution is -0.268. The molecule has 0 bridgehead atoms.